The molecule has 2 heterocycles. The first-order valence-corrected chi connectivity index (χ1v) is 13.5. The number of rotatable bonds is 8. The summed E-state index contributed by atoms with van der Waals surface area (Å²) in [4.78, 5) is 14.7. The lowest BCUT2D eigenvalue weighted by molar-refractivity contribution is -0.528. The minimum Gasteiger partial charge on any atom is -0.493 e. The Morgan fingerprint density at radius 3 is 2.40 bits per heavy atom. The molecule has 0 amide bonds. The largest absolute Gasteiger partial charge is 0.493 e. The summed E-state index contributed by atoms with van der Waals surface area (Å²) in [5.41, 5.74) is 3.83. The maximum atomic E-state index is 10.4. The van der Waals surface area contributed by atoms with E-state index < -0.39 is 0 Å². The molecule has 1 atom stereocenters. The van der Waals surface area contributed by atoms with Crippen molar-refractivity contribution >= 4 is 17.4 Å². The van der Waals surface area contributed by atoms with E-state index in [9.17, 15) is 5.11 Å². The number of anilines is 1. The van der Waals surface area contributed by atoms with Crippen LogP contribution in [-0.2, 0) is 6.42 Å². The Bertz CT molecular complexity index is 1020. The highest BCUT2D eigenvalue weighted by Gasteiger charge is 2.28. The van der Waals surface area contributed by atoms with Gasteiger partial charge in [-0.1, -0.05) is 25.1 Å². The topological polar surface area (TPSA) is 72.5 Å². The second-order valence-corrected chi connectivity index (χ2v) is 10.4. The van der Waals surface area contributed by atoms with E-state index >= 15 is 0 Å². The van der Waals surface area contributed by atoms with Crippen LogP contribution in [0.3, 0.4) is 0 Å². The fraction of sp³-hybridized carbons (Fsp3) is 0.552. The van der Waals surface area contributed by atoms with Crippen LogP contribution < -0.4 is 14.6 Å². The monoisotopic (exact) mass is 475 g/mol. The van der Waals surface area contributed by atoms with Crippen molar-refractivity contribution in [3.8, 4) is 5.75 Å². The lowest BCUT2D eigenvalue weighted by atomic mass is 9.86. The zero-order valence-electron chi connectivity index (χ0n) is 21.0. The van der Waals surface area contributed by atoms with E-state index in [0.29, 0.717) is 17.9 Å². The first-order chi connectivity index (χ1) is 17.2. The number of hydrogen-bond donors (Lipinski definition) is 2. The van der Waals surface area contributed by atoms with Gasteiger partial charge in [-0.15, -0.1) is 0 Å². The van der Waals surface area contributed by atoms with Gasteiger partial charge in [0.2, 0.25) is 5.95 Å². The molecule has 1 unspecified atom stereocenters. The molecule has 1 saturated heterocycles. The number of aliphatic hydroxyl groups is 1. The highest BCUT2D eigenvalue weighted by molar-refractivity contribution is 5.74. The van der Waals surface area contributed by atoms with E-state index in [4.69, 9.17) is 4.74 Å². The third-order valence-corrected chi connectivity index (χ3v) is 7.96. The first kappa shape index (κ1) is 23.8. The van der Waals surface area contributed by atoms with Crippen LogP contribution in [0.25, 0.3) is 5.57 Å². The van der Waals surface area contributed by atoms with Gasteiger partial charge < -0.3 is 14.7 Å². The number of benzene rings is 1. The smallest absolute Gasteiger partial charge is 0.335 e. The molecule has 0 bridgehead atoms. The maximum Gasteiger partial charge on any atom is 0.335 e. The lowest BCUT2D eigenvalue weighted by Crippen LogP contribution is -2.82. The van der Waals surface area contributed by atoms with Gasteiger partial charge in [0.1, 0.15) is 5.75 Å². The fourth-order valence-electron chi connectivity index (χ4n) is 5.20. The summed E-state index contributed by atoms with van der Waals surface area (Å²) in [6, 6.07) is 9.05. The van der Waals surface area contributed by atoms with E-state index in [2.05, 4.69) is 57.1 Å². The van der Waals surface area contributed by atoms with E-state index in [1.165, 1.54) is 36.0 Å². The zero-order chi connectivity index (χ0) is 24.0. The number of ether oxygens (including phenoxy) is 1. The van der Waals surface area contributed by atoms with Crippen molar-refractivity contribution in [2.24, 2.45) is 11.8 Å². The molecule has 3 aliphatic rings. The Labute approximate surface area is 209 Å². The number of aromatic nitrogens is 2. The molecule has 5 rings (SSSR count). The van der Waals surface area contributed by atoms with Crippen LogP contribution in [0.1, 0.15) is 69.4 Å². The molecular weight excluding hydrogens is 436 g/mol. The Kier molecular flexibility index (Phi) is 7.65. The SMILES string of the molecule is CCc1cnc(N2CCC(COc3ccc(C4=CCC(C(O)=[NH+]C5CCC5)CC4)cc3)CC2)nc1. The molecule has 6 nitrogen and oxygen atoms in total. The normalized spacial score (nSPS) is 22.0. The van der Waals surface area contributed by atoms with Gasteiger partial charge in [0.15, 0.2) is 6.04 Å². The van der Waals surface area contributed by atoms with Crippen LogP contribution in [0, 0.1) is 11.8 Å². The average molecular weight is 476 g/mol. The minimum atomic E-state index is 0.246. The van der Waals surface area contributed by atoms with Gasteiger partial charge in [-0.25, -0.2) is 15.0 Å². The second kappa shape index (κ2) is 11.2. The van der Waals surface area contributed by atoms with Crippen molar-refractivity contribution in [3.63, 3.8) is 0 Å². The molecule has 1 aliphatic heterocycles. The summed E-state index contributed by atoms with van der Waals surface area (Å²) in [5.74, 6) is 3.11. The third-order valence-electron chi connectivity index (χ3n) is 7.96. The van der Waals surface area contributed by atoms with Gasteiger partial charge in [-0.2, -0.15) is 0 Å². The average Bonchev–Trinajstić information content (AvgIpc) is 2.90. The molecule has 1 aromatic heterocycles. The van der Waals surface area contributed by atoms with Gasteiger partial charge in [0, 0.05) is 38.3 Å². The van der Waals surface area contributed by atoms with Gasteiger partial charge >= 0.3 is 5.90 Å². The summed E-state index contributed by atoms with van der Waals surface area (Å²) in [7, 11) is 0. The zero-order valence-corrected chi connectivity index (χ0v) is 21.0. The Balaban J connectivity index is 1.07. The molecule has 2 N–H and O–H groups in total. The molecular formula is C29H39N4O2+. The van der Waals surface area contributed by atoms with Crippen molar-refractivity contribution in [1.82, 2.24) is 9.97 Å². The van der Waals surface area contributed by atoms with Crippen LogP contribution in [0.4, 0.5) is 5.95 Å². The molecule has 186 valence electrons. The molecule has 1 aromatic carbocycles. The van der Waals surface area contributed by atoms with Crippen LogP contribution in [-0.4, -0.2) is 46.7 Å². The van der Waals surface area contributed by atoms with Crippen molar-refractivity contribution in [3.05, 3.63) is 53.9 Å². The summed E-state index contributed by atoms with van der Waals surface area (Å²) in [6.07, 6.45) is 15.9. The molecule has 0 spiro atoms. The molecule has 2 aromatic rings. The lowest BCUT2D eigenvalue weighted by Gasteiger charge is -2.31. The van der Waals surface area contributed by atoms with Gasteiger partial charge in [-0.05, 0) is 79.7 Å². The van der Waals surface area contributed by atoms with E-state index in [-0.39, 0.29) is 5.92 Å². The molecule has 1 saturated carbocycles. The fourth-order valence-corrected chi connectivity index (χ4v) is 5.20. The summed E-state index contributed by atoms with van der Waals surface area (Å²) in [6.45, 7) is 4.85. The number of nitrogens with one attached hydrogen (secondary N) is 1. The highest BCUT2D eigenvalue weighted by Crippen LogP contribution is 2.31. The number of nitrogens with zero attached hydrogens (tertiary/aromatic N) is 3. The predicted molar refractivity (Wildman–Crippen MR) is 140 cm³/mol. The summed E-state index contributed by atoms with van der Waals surface area (Å²) >= 11 is 0. The number of aliphatic hydroxyl groups excluding tert-OH is 1. The maximum absolute atomic E-state index is 10.4. The van der Waals surface area contributed by atoms with Crippen molar-refractivity contribution in [2.75, 3.05) is 24.6 Å². The standard InChI is InChI=1S/C29H38N4O2/c1-2-21-18-30-29(31-19-21)33-16-14-22(15-17-33)20-35-27-12-10-24(11-13-27)23-6-8-25(9-7-23)28(34)32-26-4-3-5-26/h6,10-13,18-19,22,25-26H,2-5,7-9,14-17,20H2,1H3,(H,32,34)/p+1. The molecule has 2 fully saturated rings. The number of hydrogen-bond acceptors (Lipinski definition) is 4. The Morgan fingerprint density at radius 1 is 1.06 bits per heavy atom. The molecule has 0 radical (unpaired) electrons. The van der Waals surface area contributed by atoms with Gasteiger partial charge in [0.25, 0.3) is 0 Å². The minimum absolute atomic E-state index is 0.246. The van der Waals surface area contributed by atoms with Crippen molar-refractivity contribution < 1.29 is 14.8 Å². The highest BCUT2D eigenvalue weighted by atomic mass is 16.5. The second-order valence-electron chi connectivity index (χ2n) is 10.4. The Morgan fingerprint density at radius 2 is 1.80 bits per heavy atom. The van der Waals surface area contributed by atoms with Crippen LogP contribution >= 0.6 is 0 Å². The van der Waals surface area contributed by atoms with Crippen molar-refractivity contribution in [2.45, 2.75) is 70.8 Å². The van der Waals surface area contributed by atoms with E-state index in [1.54, 1.807) is 0 Å². The number of allylic oxidation sites excluding steroid dienone is 2. The Hall–Kier alpha value is -2.89. The number of piperidine rings is 1. The third kappa shape index (κ3) is 6.03. The molecule has 6 heteroatoms. The van der Waals surface area contributed by atoms with Gasteiger partial charge in [-0.3, -0.25) is 0 Å². The van der Waals surface area contributed by atoms with Crippen molar-refractivity contribution in [1.29, 1.82) is 0 Å². The quantitative estimate of drug-likeness (QED) is 0.444. The number of aryl methyl sites for hydroxylation is 1. The van der Waals surface area contributed by atoms with Crippen LogP contribution in [0.5, 0.6) is 5.75 Å². The predicted octanol–water partition coefficient (Wildman–Crippen LogP) is 4.11. The van der Waals surface area contributed by atoms with Crippen LogP contribution in [0.2, 0.25) is 0 Å². The van der Waals surface area contributed by atoms with E-state index in [0.717, 1.165) is 69.9 Å². The van der Waals surface area contributed by atoms with E-state index in [1.807, 2.05) is 12.4 Å². The van der Waals surface area contributed by atoms with Crippen LogP contribution in [0.15, 0.2) is 42.7 Å². The van der Waals surface area contributed by atoms with Gasteiger partial charge in [0.05, 0.1) is 12.5 Å². The first-order valence-electron chi connectivity index (χ1n) is 13.5. The summed E-state index contributed by atoms with van der Waals surface area (Å²) in [5, 5.41) is 10.4. The molecule has 35 heavy (non-hydrogen) atoms. The summed E-state index contributed by atoms with van der Waals surface area (Å²) < 4.78 is 6.15. The molecule has 2 aliphatic carbocycles.